The van der Waals surface area contributed by atoms with Gasteiger partial charge in [-0.1, -0.05) is 47.6 Å². The number of aromatic nitrogens is 3. The van der Waals surface area contributed by atoms with Gasteiger partial charge in [-0.15, -0.1) is 0 Å². The molecule has 0 saturated heterocycles. The fourth-order valence-corrected chi connectivity index (χ4v) is 1.49. The van der Waals surface area contributed by atoms with Crippen LogP contribution in [0.15, 0.2) is 43.2 Å². The van der Waals surface area contributed by atoms with Crippen LogP contribution in [0.3, 0.4) is 0 Å². The average molecular weight is 293 g/mol. The Bertz CT molecular complexity index is 453. The van der Waals surface area contributed by atoms with Crippen LogP contribution in [0.1, 0.15) is 52.7 Å². The molecule has 0 bridgehead atoms. The minimum absolute atomic E-state index is 0. The van der Waals surface area contributed by atoms with Gasteiger partial charge in [-0.25, -0.2) is 9.97 Å². The summed E-state index contributed by atoms with van der Waals surface area (Å²) in [6.45, 7) is 13.0. The molecule has 0 fully saturated rings. The molecule has 2 aromatic rings. The molecule has 2 aromatic heterocycles. The van der Waals surface area contributed by atoms with E-state index in [1.165, 1.54) is 11.1 Å². The van der Waals surface area contributed by atoms with E-state index in [0.717, 1.165) is 0 Å². The highest BCUT2D eigenvalue weighted by Gasteiger charge is 2.13. The molecule has 0 spiro atoms. The SMILES string of the molecule is CC(C)(C)c1cccnc1.CC(C)(C)c1cncnc1.[B].[B]. The number of hydrogen-bond donors (Lipinski definition) is 0. The second kappa shape index (κ2) is 9.39. The number of hydrogen-bond acceptors (Lipinski definition) is 3. The molecule has 0 saturated carbocycles. The first-order valence-corrected chi connectivity index (χ1v) is 6.87. The molecule has 0 aliphatic rings. The van der Waals surface area contributed by atoms with Gasteiger partial charge in [-0.2, -0.15) is 0 Å². The smallest absolute Gasteiger partial charge is 0.115 e. The molecular weight excluding hydrogens is 268 g/mol. The molecule has 0 atom stereocenters. The van der Waals surface area contributed by atoms with Gasteiger partial charge in [-0.05, 0) is 28.0 Å². The predicted molar refractivity (Wildman–Crippen MR) is 95.2 cm³/mol. The summed E-state index contributed by atoms with van der Waals surface area (Å²) in [6, 6.07) is 4.08. The zero-order valence-corrected chi connectivity index (χ0v) is 14.5. The average Bonchev–Trinajstić information content (AvgIpc) is 2.40. The lowest BCUT2D eigenvalue weighted by Crippen LogP contribution is -2.11. The molecule has 0 unspecified atom stereocenters. The zero-order valence-electron chi connectivity index (χ0n) is 14.5. The molecule has 2 rings (SSSR count). The molecule has 22 heavy (non-hydrogen) atoms. The van der Waals surface area contributed by atoms with E-state index >= 15 is 0 Å². The molecule has 2 heterocycles. The van der Waals surface area contributed by atoms with Crippen LogP contribution in [0.2, 0.25) is 0 Å². The summed E-state index contributed by atoms with van der Waals surface area (Å²) in [5.74, 6) is 0. The van der Waals surface area contributed by atoms with Crippen LogP contribution in [0.4, 0.5) is 0 Å². The van der Waals surface area contributed by atoms with E-state index in [2.05, 4.69) is 62.6 Å². The van der Waals surface area contributed by atoms with E-state index in [0.29, 0.717) is 0 Å². The molecule has 3 nitrogen and oxygen atoms in total. The molecule has 0 amide bonds. The third kappa shape index (κ3) is 7.96. The van der Waals surface area contributed by atoms with Crippen LogP contribution in [0.25, 0.3) is 0 Å². The quantitative estimate of drug-likeness (QED) is 0.699. The van der Waals surface area contributed by atoms with Crippen LogP contribution in [-0.2, 0) is 10.8 Å². The summed E-state index contributed by atoms with van der Waals surface area (Å²) in [4.78, 5) is 11.9. The van der Waals surface area contributed by atoms with Gasteiger partial charge in [0.25, 0.3) is 0 Å². The van der Waals surface area contributed by atoms with Crippen molar-refractivity contribution in [3.8, 4) is 0 Å². The Balaban J connectivity index is 0. The second-order valence-electron chi connectivity index (χ2n) is 6.87. The zero-order chi connectivity index (χ0) is 15.2. The number of pyridine rings is 1. The summed E-state index contributed by atoms with van der Waals surface area (Å²) in [6.07, 6.45) is 8.98. The highest BCUT2D eigenvalue weighted by molar-refractivity contribution is 5.76. The van der Waals surface area contributed by atoms with E-state index in [9.17, 15) is 0 Å². The highest BCUT2D eigenvalue weighted by atomic mass is 14.8. The predicted octanol–water partition coefficient (Wildman–Crippen LogP) is 3.39. The molecule has 114 valence electrons. The largest absolute Gasteiger partial charge is 0.264 e. The van der Waals surface area contributed by atoms with Crippen LogP contribution in [0, 0.1) is 0 Å². The number of rotatable bonds is 0. The Kier molecular flexibility index (Phi) is 9.66. The Labute approximate surface area is 139 Å². The first kappa shape index (κ1) is 22.6. The van der Waals surface area contributed by atoms with E-state index in [1.54, 1.807) is 12.5 Å². The maximum absolute atomic E-state index is 4.05. The maximum atomic E-state index is 4.05. The summed E-state index contributed by atoms with van der Waals surface area (Å²) >= 11 is 0. The molecular formula is C17H25B2N3. The third-order valence-electron chi connectivity index (χ3n) is 2.95. The Morgan fingerprint density at radius 1 is 0.682 bits per heavy atom. The van der Waals surface area contributed by atoms with Crippen LogP contribution in [-0.4, -0.2) is 31.8 Å². The lowest BCUT2D eigenvalue weighted by molar-refractivity contribution is 0.584. The molecule has 5 heteroatoms. The van der Waals surface area contributed by atoms with Crippen molar-refractivity contribution in [3.63, 3.8) is 0 Å². The van der Waals surface area contributed by atoms with Crippen LogP contribution >= 0.6 is 0 Å². The highest BCUT2D eigenvalue weighted by Crippen LogP contribution is 2.20. The molecule has 0 aliphatic heterocycles. The first-order valence-electron chi connectivity index (χ1n) is 6.87. The Hall–Kier alpha value is -1.64. The minimum Gasteiger partial charge on any atom is -0.264 e. The summed E-state index contributed by atoms with van der Waals surface area (Å²) < 4.78 is 0. The number of nitrogens with zero attached hydrogens (tertiary/aromatic N) is 3. The monoisotopic (exact) mass is 293 g/mol. The lowest BCUT2D eigenvalue weighted by atomic mass is 9.88. The van der Waals surface area contributed by atoms with Crippen LogP contribution < -0.4 is 0 Å². The summed E-state index contributed by atoms with van der Waals surface area (Å²) in [5.41, 5.74) is 2.86. The maximum Gasteiger partial charge on any atom is 0.115 e. The lowest BCUT2D eigenvalue weighted by Gasteiger charge is -2.17. The molecule has 0 N–H and O–H groups in total. The van der Waals surface area contributed by atoms with E-state index < -0.39 is 0 Å². The molecule has 6 radical (unpaired) electrons. The van der Waals surface area contributed by atoms with Gasteiger partial charge in [0.15, 0.2) is 0 Å². The Morgan fingerprint density at radius 3 is 1.41 bits per heavy atom. The van der Waals surface area contributed by atoms with Gasteiger partial charge in [0.1, 0.15) is 6.33 Å². The molecule has 0 aromatic carbocycles. The van der Waals surface area contributed by atoms with Crippen molar-refractivity contribution in [1.82, 2.24) is 15.0 Å². The van der Waals surface area contributed by atoms with Gasteiger partial charge in [0.05, 0.1) is 0 Å². The fourth-order valence-electron chi connectivity index (χ4n) is 1.49. The van der Waals surface area contributed by atoms with Crippen molar-refractivity contribution in [2.45, 2.75) is 52.4 Å². The second-order valence-corrected chi connectivity index (χ2v) is 6.87. The summed E-state index contributed by atoms with van der Waals surface area (Å²) in [7, 11) is 0. The van der Waals surface area contributed by atoms with E-state index in [1.807, 2.05) is 24.7 Å². The topological polar surface area (TPSA) is 38.7 Å². The van der Waals surface area contributed by atoms with Gasteiger partial charge < -0.3 is 0 Å². The Morgan fingerprint density at radius 2 is 1.14 bits per heavy atom. The molecule has 0 aliphatic carbocycles. The van der Waals surface area contributed by atoms with Crippen molar-refractivity contribution in [1.29, 1.82) is 0 Å². The van der Waals surface area contributed by atoms with E-state index in [4.69, 9.17) is 0 Å². The van der Waals surface area contributed by atoms with Gasteiger partial charge in [0, 0.05) is 41.6 Å². The third-order valence-corrected chi connectivity index (χ3v) is 2.95. The van der Waals surface area contributed by atoms with Gasteiger partial charge in [-0.3, -0.25) is 4.98 Å². The summed E-state index contributed by atoms with van der Waals surface area (Å²) in [5, 5.41) is 0. The van der Waals surface area contributed by atoms with Crippen molar-refractivity contribution in [2.75, 3.05) is 0 Å². The van der Waals surface area contributed by atoms with Crippen LogP contribution in [0.5, 0.6) is 0 Å². The van der Waals surface area contributed by atoms with E-state index in [-0.39, 0.29) is 27.7 Å². The normalized spacial score (nSPS) is 10.5. The van der Waals surface area contributed by atoms with Gasteiger partial charge in [0.2, 0.25) is 0 Å². The van der Waals surface area contributed by atoms with Crippen molar-refractivity contribution in [3.05, 3.63) is 54.4 Å². The first-order chi connectivity index (χ1) is 9.21. The van der Waals surface area contributed by atoms with Gasteiger partial charge >= 0.3 is 0 Å². The standard InChI is InChI=1S/C9H13N.C8H12N2.2B/c1-9(2,3)8-5-4-6-10-7-8;1-8(2,3)7-4-9-6-10-5-7;;/h4-7H,1-3H3;4-6H,1-3H3;;. The fraction of sp³-hybridized carbons (Fsp3) is 0.471. The van der Waals surface area contributed by atoms with Crippen molar-refractivity contribution >= 4 is 16.8 Å². The van der Waals surface area contributed by atoms with Crippen molar-refractivity contribution in [2.24, 2.45) is 0 Å². The minimum atomic E-state index is 0. The van der Waals surface area contributed by atoms with Crippen molar-refractivity contribution < 1.29 is 0 Å².